The molecule has 4 rings (SSSR count). The molecule has 1 N–H and O–H groups in total. The number of nitrogens with one attached hydrogen (secondary N) is 1. The number of fused-ring (bicyclic) bond motifs is 1. The van der Waals surface area contributed by atoms with E-state index in [2.05, 4.69) is 12.2 Å². The largest absolute Gasteiger partial charge is 0.334 e. The number of nitrogens with zero attached hydrogens (tertiary/aromatic N) is 3. The predicted molar refractivity (Wildman–Crippen MR) is 107 cm³/mol. The van der Waals surface area contributed by atoms with Crippen molar-refractivity contribution in [1.29, 1.82) is 0 Å². The van der Waals surface area contributed by atoms with Gasteiger partial charge in [0, 0.05) is 30.2 Å². The van der Waals surface area contributed by atoms with Crippen LogP contribution in [0.15, 0.2) is 24.3 Å². The van der Waals surface area contributed by atoms with Crippen LogP contribution in [0.25, 0.3) is 5.69 Å². The normalized spacial score (nSPS) is 19.0. The number of benzene rings is 1. The van der Waals surface area contributed by atoms with Crippen molar-refractivity contribution >= 4 is 29.4 Å². The Hall–Kier alpha value is -2.28. The molecule has 1 atom stereocenters. The number of amides is 2. The van der Waals surface area contributed by atoms with E-state index in [1.165, 1.54) is 0 Å². The molecule has 3 heterocycles. The third-order valence-electron chi connectivity index (χ3n) is 5.27. The Labute approximate surface area is 163 Å². The number of aryl methyl sites for hydroxylation is 1. The molecular formula is C20H24N4O2S. The van der Waals surface area contributed by atoms with E-state index in [1.807, 2.05) is 31.2 Å². The Balaban J connectivity index is 1.63. The van der Waals surface area contributed by atoms with Gasteiger partial charge in [-0.1, -0.05) is 25.1 Å². The lowest BCUT2D eigenvalue weighted by molar-refractivity contribution is -0.144. The summed E-state index contributed by atoms with van der Waals surface area (Å²) in [7, 11) is 0. The first kappa shape index (κ1) is 18.1. The van der Waals surface area contributed by atoms with Gasteiger partial charge in [0.25, 0.3) is 0 Å². The molecule has 2 aromatic rings. The number of thioether (sulfide) groups is 1. The number of aromatic nitrogens is 2. The topological polar surface area (TPSA) is 67.2 Å². The summed E-state index contributed by atoms with van der Waals surface area (Å²) >= 11 is 1.77. The van der Waals surface area contributed by atoms with Crippen LogP contribution in [-0.4, -0.2) is 39.6 Å². The third-order valence-corrected chi connectivity index (χ3v) is 6.24. The molecule has 1 aromatic heterocycles. The standard InChI is InChI=1S/C20H24N4O2S/c1-13-6-5-9-23(10-13)20(26)19(25)21-18-15-11-27-12-16(15)22-24(18)17-8-4-3-7-14(17)2/h3-4,7-8,13H,5-6,9-12H2,1-2H3,(H,21,25)/t13-/m0/s1. The Kier molecular flexibility index (Phi) is 4.95. The van der Waals surface area contributed by atoms with Crippen molar-refractivity contribution in [1.82, 2.24) is 14.7 Å². The van der Waals surface area contributed by atoms with Gasteiger partial charge >= 0.3 is 11.8 Å². The lowest BCUT2D eigenvalue weighted by Crippen LogP contribution is -2.45. The number of carbonyl (C=O) groups excluding carboxylic acids is 2. The number of anilines is 1. The number of para-hydroxylation sites is 1. The molecule has 6 nitrogen and oxygen atoms in total. The first-order valence-electron chi connectivity index (χ1n) is 9.39. The van der Waals surface area contributed by atoms with Crippen molar-refractivity contribution in [2.75, 3.05) is 18.4 Å². The van der Waals surface area contributed by atoms with Crippen molar-refractivity contribution in [2.24, 2.45) is 5.92 Å². The smallest absolute Gasteiger partial charge is 0.315 e. The summed E-state index contributed by atoms with van der Waals surface area (Å²) in [4.78, 5) is 27.1. The van der Waals surface area contributed by atoms with Crippen molar-refractivity contribution < 1.29 is 9.59 Å². The van der Waals surface area contributed by atoms with Gasteiger partial charge < -0.3 is 10.2 Å². The highest BCUT2D eigenvalue weighted by atomic mass is 32.2. The number of hydrogen-bond donors (Lipinski definition) is 1. The minimum absolute atomic E-state index is 0.439. The lowest BCUT2D eigenvalue weighted by atomic mass is 10.0. The minimum atomic E-state index is -0.571. The molecule has 142 valence electrons. The number of piperidine rings is 1. The lowest BCUT2D eigenvalue weighted by Gasteiger charge is -2.30. The first-order chi connectivity index (χ1) is 13.0. The fourth-order valence-corrected chi connectivity index (χ4v) is 4.83. The van der Waals surface area contributed by atoms with E-state index in [0.717, 1.165) is 46.9 Å². The Morgan fingerprint density at radius 2 is 2.07 bits per heavy atom. The third kappa shape index (κ3) is 3.48. The average molecular weight is 385 g/mol. The van der Waals surface area contributed by atoms with Crippen LogP contribution in [0.3, 0.4) is 0 Å². The van der Waals surface area contributed by atoms with Crippen LogP contribution in [0.5, 0.6) is 0 Å². The zero-order valence-electron chi connectivity index (χ0n) is 15.7. The predicted octanol–water partition coefficient (Wildman–Crippen LogP) is 3.12. The highest BCUT2D eigenvalue weighted by Gasteiger charge is 2.30. The van der Waals surface area contributed by atoms with Crippen molar-refractivity contribution in [3.05, 3.63) is 41.1 Å². The van der Waals surface area contributed by atoms with Gasteiger partial charge in [-0.05, 0) is 37.3 Å². The fourth-order valence-electron chi connectivity index (χ4n) is 3.80. The van der Waals surface area contributed by atoms with Gasteiger partial charge in [0.15, 0.2) is 0 Å². The number of rotatable bonds is 2. The minimum Gasteiger partial charge on any atom is -0.334 e. The van der Waals surface area contributed by atoms with Crippen molar-refractivity contribution in [2.45, 2.75) is 38.2 Å². The SMILES string of the molecule is Cc1ccccc1-n1nc2c(c1NC(=O)C(=O)N1CCC[C@H](C)C1)CSC2. The van der Waals surface area contributed by atoms with Gasteiger partial charge in [0.2, 0.25) is 0 Å². The maximum Gasteiger partial charge on any atom is 0.315 e. The van der Waals surface area contributed by atoms with E-state index in [4.69, 9.17) is 5.10 Å². The molecule has 0 saturated carbocycles. The average Bonchev–Trinajstić information content (AvgIpc) is 3.24. The first-order valence-corrected chi connectivity index (χ1v) is 10.5. The second kappa shape index (κ2) is 7.38. The zero-order valence-corrected chi connectivity index (χ0v) is 16.5. The summed E-state index contributed by atoms with van der Waals surface area (Å²) in [6.07, 6.45) is 2.06. The van der Waals surface area contributed by atoms with Crippen LogP contribution in [-0.2, 0) is 21.1 Å². The quantitative estimate of drug-likeness (QED) is 0.808. The van der Waals surface area contributed by atoms with E-state index in [1.54, 1.807) is 21.3 Å². The summed E-state index contributed by atoms with van der Waals surface area (Å²) < 4.78 is 1.78. The number of likely N-dealkylation sites (tertiary alicyclic amines) is 1. The highest BCUT2D eigenvalue weighted by Crippen LogP contribution is 2.36. The van der Waals surface area contributed by atoms with Gasteiger partial charge in [0.05, 0.1) is 11.4 Å². The maximum atomic E-state index is 12.7. The second-order valence-electron chi connectivity index (χ2n) is 7.42. The molecule has 0 spiro atoms. The Morgan fingerprint density at radius 1 is 1.26 bits per heavy atom. The fraction of sp³-hybridized carbons (Fsp3) is 0.450. The van der Waals surface area contributed by atoms with E-state index in [9.17, 15) is 9.59 Å². The van der Waals surface area contributed by atoms with Gasteiger partial charge in [-0.25, -0.2) is 4.68 Å². The molecule has 2 amide bonds. The molecule has 2 aliphatic rings. The number of hydrogen-bond acceptors (Lipinski definition) is 4. The van der Waals surface area contributed by atoms with E-state index >= 15 is 0 Å². The second-order valence-corrected chi connectivity index (χ2v) is 8.40. The molecule has 0 bridgehead atoms. The van der Waals surface area contributed by atoms with E-state index in [-0.39, 0.29) is 0 Å². The molecule has 0 radical (unpaired) electrons. The molecule has 1 aromatic carbocycles. The Bertz CT molecular complexity index is 892. The van der Waals surface area contributed by atoms with Gasteiger partial charge in [0.1, 0.15) is 5.82 Å². The molecule has 27 heavy (non-hydrogen) atoms. The molecule has 0 aliphatic carbocycles. The summed E-state index contributed by atoms with van der Waals surface area (Å²) in [5, 5.41) is 7.60. The monoisotopic (exact) mass is 384 g/mol. The number of carbonyl (C=O) groups is 2. The summed E-state index contributed by atoms with van der Waals surface area (Å²) in [5.41, 5.74) is 4.00. The van der Waals surface area contributed by atoms with Crippen molar-refractivity contribution in [3.8, 4) is 5.69 Å². The molecule has 2 aliphatic heterocycles. The van der Waals surface area contributed by atoms with Crippen molar-refractivity contribution in [3.63, 3.8) is 0 Å². The van der Waals surface area contributed by atoms with Crippen LogP contribution in [0.2, 0.25) is 0 Å². The molecule has 7 heteroatoms. The zero-order chi connectivity index (χ0) is 19.0. The van der Waals surface area contributed by atoms with Crippen LogP contribution in [0.4, 0.5) is 5.82 Å². The highest BCUT2D eigenvalue weighted by molar-refractivity contribution is 7.98. The maximum absolute atomic E-state index is 12.7. The van der Waals surface area contributed by atoms with E-state index in [0.29, 0.717) is 24.8 Å². The molecular weight excluding hydrogens is 360 g/mol. The van der Waals surface area contributed by atoms with Crippen LogP contribution < -0.4 is 5.32 Å². The van der Waals surface area contributed by atoms with Gasteiger partial charge in [-0.15, -0.1) is 0 Å². The summed E-state index contributed by atoms with van der Waals surface area (Å²) in [6.45, 7) is 5.44. The molecule has 1 fully saturated rings. The van der Waals surface area contributed by atoms with Crippen LogP contribution in [0, 0.1) is 12.8 Å². The Morgan fingerprint density at radius 3 is 2.85 bits per heavy atom. The van der Waals surface area contributed by atoms with Crippen LogP contribution in [0.1, 0.15) is 36.6 Å². The van der Waals surface area contributed by atoms with E-state index < -0.39 is 11.8 Å². The van der Waals surface area contributed by atoms with Crippen LogP contribution >= 0.6 is 11.8 Å². The summed E-state index contributed by atoms with van der Waals surface area (Å²) in [5.74, 6) is 1.68. The van der Waals surface area contributed by atoms with Gasteiger partial charge in [-0.2, -0.15) is 16.9 Å². The molecule has 1 saturated heterocycles. The van der Waals surface area contributed by atoms with Gasteiger partial charge in [-0.3, -0.25) is 9.59 Å². The molecule has 0 unspecified atom stereocenters. The summed E-state index contributed by atoms with van der Waals surface area (Å²) in [6, 6.07) is 7.93.